The van der Waals surface area contributed by atoms with E-state index in [2.05, 4.69) is 15.3 Å². The SMILES string of the molecule is Cc1ccc(C)c(OCC(=O)NCCc2nc3ccccc3[nH]2)c1. The monoisotopic (exact) mass is 323 g/mol. The van der Waals surface area contributed by atoms with Crippen molar-refractivity contribution in [1.82, 2.24) is 15.3 Å². The fourth-order valence-electron chi connectivity index (χ4n) is 2.50. The number of amides is 1. The molecule has 0 aliphatic carbocycles. The molecular weight excluding hydrogens is 302 g/mol. The zero-order valence-electron chi connectivity index (χ0n) is 13.9. The average Bonchev–Trinajstić information content (AvgIpc) is 2.98. The van der Waals surface area contributed by atoms with Crippen LogP contribution in [0.25, 0.3) is 11.0 Å². The summed E-state index contributed by atoms with van der Waals surface area (Å²) in [7, 11) is 0. The smallest absolute Gasteiger partial charge is 0.257 e. The standard InChI is InChI=1S/C19H21N3O2/c1-13-7-8-14(2)17(11-13)24-12-19(23)20-10-9-18-21-15-5-3-4-6-16(15)22-18/h3-8,11H,9-10,12H2,1-2H3,(H,20,23)(H,21,22). The van der Waals surface area contributed by atoms with E-state index in [0.717, 1.165) is 33.7 Å². The molecule has 0 saturated carbocycles. The molecule has 0 saturated heterocycles. The second-order valence-corrected chi connectivity index (χ2v) is 5.86. The Bertz CT molecular complexity index is 822. The summed E-state index contributed by atoms with van der Waals surface area (Å²) in [4.78, 5) is 19.6. The third kappa shape index (κ3) is 3.93. The van der Waals surface area contributed by atoms with Crippen molar-refractivity contribution in [2.45, 2.75) is 20.3 Å². The van der Waals surface area contributed by atoms with Crippen LogP contribution in [0, 0.1) is 13.8 Å². The number of hydrogen-bond acceptors (Lipinski definition) is 3. The third-order valence-electron chi connectivity index (χ3n) is 3.82. The predicted molar refractivity (Wildman–Crippen MR) is 94.2 cm³/mol. The van der Waals surface area contributed by atoms with Gasteiger partial charge in [0.1, 0.15) is 11.6 Å². The number of aromatic nitrogens is 2. The van der Waals surface area contributed by atoms with Gasteiger partial charge in [0.15, 0.2) is 6.61 Å². The minimum atomic E-state index is -0.132. The van der Waals surface area contributed by atoms with Crippen LogP contribution in [0.3, 0.4) is 0 Å². The molecule has 0 aliphatic rings. The lowest BCUT2D eigenvalue weighted by Gasteiger charge is -2.10. The van der Waals surface area contributed by atoms with E-state index >= 15 is 0 Å². The van der Waals surface area contributed by atoms with Crippen molar-refractivity contribution >= 4 is 16.9 Å². The van der Waals surface area contributed by atoms with E-state index in [9.17, 15) is 4.79 Å². The van der Waals surface area contributed by atoms with Crippen LogP contribution in [0.2, 0.25) is 0 Å². The number of rotatable bonds is 6. The normalized spacial score (nSPS) is 10.8. The van der Waals surface area contributed by atoms with E-state index in [1.807, 2.05) is 56.3 Å². The maximum Gasteiger partial charge on any atom is 0.257 e. The molecule has 2 N–H and O–H groups in total. The quantitative estimate of drug-likeness (QED) is 0.733. The lowest BCUT2D eigenvalue weighted by Crippen LogP contribution is -2.30. The zero-order chi connectivity index (χ0) is 16.9. The second-order valence-electron chi connectivity index (χ2n) is 5.86. The fraction of sp³-hybridized carbons (Fsp3) is 0.263. The minimum absolute atomic E-state index is 0.0183. The number of nitrogens with one attached hydrogen (secondary N) is 2. The summed E-state index contributed by atoms with van der Waals surface area (Å²) in [5, 5.41) is 2.86. The van der Waals surface area contributed by atoms with Gasteiger partial charge in [-0.25, -0.2) is 4.98 Å². The van der Waals surface area contributed by atoms with Crippen molar-refractivity contribution in [3.05, 3.63) is 59.4 Å². The molecule has 0 radical (unpaired) electrons. The predicted octanol–water partition coefficient (Wildman–Crippen LogP) is 2.92. The van der Waals surface area contributed by atoms with Crippen LogP contribution in [-0.4, -0.2) is 29.0 Å². The summed E-state index contributed by atoms with van der Waals surface area (Å²) < 4.78 is 5.59. The molecule has 1 aromatic heterocycles. The number of hydrogen-bond donors (Lipinski definition) is 2. The maximum atomic E-state index is 11.9. The highest BCUT2D eigenvalue weighted by Gasteiger charge is 2.06. The van der Waals surface area contributed by atoms with Crippen LogP contribution in [0.5, 0.6) is 5.75 Å². The average molecular weight is 323 g/mol. The van der Waals surface area contributed by atoms with Gasteiger partial charge >= 0.3 is 0 Å². The molecule has 24 heavy (non-hydrogen) atoms. The van der Waals surface area contributed by atoms with Crippen LogP contribution in [0.1, 0.15) is 17.0 Å². The highest BCUT2D eigenvalue weighted by atomic mass is 16.5. The molecule has 0 aliphatic heterocycles. The van der Waals surface area contributed by atoms with E-state index in [-0.39, 0.29) is 12.5 Å². The Balaban J connectivity index is 1.46. The number of ether oxygens (including phenoxy) is 1. The Morgan fingerprint density at radius 2 is 2.04 bits per heavy atom. The number of H-pyrrole nitrogens is 1. The van der Waals surface area contributed by atoms with Crippen LogP contribution >= 0.6 is 0 Å². The summed E-state index contributed by atoms with van der Waals surface area (Å²) >= 11 is 0. The minimum Gasteiger partial charge on any atom is -0.483 e. The first-order valence-corrected chi connectivity index (χ1v) is 8.02. The number of carbonyl (C=O) groups is 1. The molecule has 1 heterocycles. The van der Waals surface area contributed by atoms with Crippen molar-refractivity contribution < 1.29 is 9.53 Å². The summed E-state index contributed by atoms with van der Waals surface area (Å²) in [5.74, 6) is 1.49. The first-order chi connectivity index (χ1) is 11.6. The molecule has 0 spiro atoms. The largest absolute Gasteiger partial charge is 0.483 e. The molecule has 2 aromatic carbocycles. The molecule has 1 amide bonds. The number of fused-ring (bicyclic) bond motifs is 1. The number of nitrogens with zero attached hydrogens (tertiary/aromatic N) is 1. The number of carbonyl (C=O) groups excluding carboxylic acids is 1. The number of imidazole rings is 1. The molecule has 0 fully saturated rings. The molecule has 124 valence electrons. The first-order valence-electron chi connectivity index (χ1n) is 8.02. The van der Waals surface area contributed by atoms with Gasteiger partial charge in [-0.05, 0) is 43.2 Å². The summed E-state index contributed by atoms with van der Waals surface area (Å²) in [6, 6.07) is 13.8. The lowest BCUT2D eigenvalue weighted by atomic mass is 10.1. The van der Waals surface area contributed by atoms with Gasteiger partial charge in [-0.2, -0.15) is 0 Å². The van der Waals surface area contributed by atoms with Gasteiger partial charge in [0.25, 0.3) is 5.91 Å². The lowest BCUT2D eigenvalue weighted by molar-refractivity contribution is -0.123. The van der Waals surface area contributed by atoms with E-state index in [1.165, 1.54) is 0 Å². The Kier molecular flexibility index (Phi) is 4.79. The number of benzene rings is 2. The number of aromatic amines is 1. The summed E-state index contributed by atoms with van der Waals surface area (Å²) in [5.41, 5.74) is 4.09. The Hall–Kier alpha value is -2.82. The van der Waals surface area contributed by atoms with Crippen molar-refractivity contribution in [1.29, 1.82) is 0 Å². The van der Waals surface area contributed by atoms with Gasteiger partial charge < -0.3 is 15.0 Å². The van der Waals surface area contributed by atoms with Crippen molar-refractivity contribution in [2.75, 3.05) is 13.2 Å². The molecule has 3 aromatic rings. The van der Waals surface area contributed by atoms with E-state index in [1.54, 1.807) is 0 Å². The maximum absolute atomic E-state index is 11.9. The molecule has 0 unspecified atom stereocenters. The van der Waals surface area contributed by atoms with E-state index < -0.39 is 0 Å². The molecular formula is C19H21N3O2. The van der Waals surface area contributed by atoms with Crippen molar-refractivity contribution in [2.24, 2.45) is 0 Å². The Morgan fingerprint density at radius 1 is 1.21 bits per heavy atom. The van der Waals surface area contributed by atoms with Gasteiger partial charge in [0, 0.05) is 13.0 Å². The molecule has 0 bridgehead atoms. The zero-order valence-corrected chi connectivity index (χ0v) is 13.9. The highest BCUT2D eigenvalue weighted by molar-refractivity contribution is 5.77. The molecule has 5 nitrogen and oxygen atoms in total. The third-order valence-corrected chi connectivity index (χ3v) is 3.82. The van der Waals surface area contributed by atoms with Crippen LogP contribution in [0.15, 0.2) is 42.5 Å². The van der Waals surface area contributed by atoms with Crippen LogP contribution in [-0.2, 0) is 11.2 Å². The summed E-state index contributed by atoms with van der Waals surface area (Å²) in [6.07, 6.45) is 0.657. The van der Waals surface area contributed by atoms with Gasteiger partial charge in [0.2, 0.25) is 0 Å². The highest BCUT2D eigenvalue weighted by Crippen LogP contribution is 2.18. The molecule has 5 heteroatoms. The summed E-state index contributed by atoms with van der Waals surface area (Å²) in [6.45, 7) is 4.51. The number of aryl methyl sites for hydroxylation is 2. The van der Waals surface area contributed by atoms with Gasteiger partial charge in [-0.15, -0.1) is 0 Å². The Morgan fingerprint density at radius 3 is 2.88 bits per heavy atom. The van der Waals surface area contributed by atoms with Gasteiger partial charge in [-0.3, -0.25) is 4.79 Å². The first kappa shape index (κ1) is 16.1. The van der Waals surface area contributed by atoms with Crippen molar-refractivity contribution in [3.63, 3.8) is 0 Å². The topological polar surface area (TPSA) is 67.0 Å². The Labute approximate surface area is 141 Å². The van der Waals surface area contributed by atoms with Crippen LogP contribution < -0.4 is 10.1 Å². The molecule has 0 atom stereocenters. The van der Waals surface area contributed by atoms with E-state index in [4.69, 9.17) is 4.74 Å². The van der Waals surface area contributed by atoms with Gasteiger partial charge in [0.05, 0.1) is 11.0 Å². The number of para-hydroxylation sites is 2. The van der Waals surface area contributed by atoms with Crippen molar-refractivity contribution in [3.8, 4) is 5.75 Å². The van der Waals surface area contributed by atoms with E-state index in [0.29, 0.717) is 13.0 Å². The van der Waals surface area contributed by atoms with Crippen LogP contribution in [0.4, 0.5) is 0 Å². The fourth-order valence-corrected chi connectivity index (χ4v) is 2.50. The van der Waals surface area contributed by atoms with Gasteiger partial charge in [-0.1, -0.05) is 24.3 Å². The molecule has 3 rings (SSSR count). The second kappa shape index (κ2) is 7.17.